The molecule has 1 heterocycles. The molecule has 90 valence electrons. The van der Waals surface area contributed by atoms with E-state index in [-0.39, 0.29) is 19.1 Å². The number of hydrogen-bond donors (Lipinski definition) is 3. The normalized spacial score (nSPS) is 12.4. The van der Waals surface area contributed by atoms with Gasteiger partial charge in [-0.25, -0.2) is 0 Å². The Bertz CT molecular complexity index is 303. The summed E-state index contributed by atoms with van der Waals surface area (Å²) in [5.41, 5.74) is 6.02. The Kier molecular flexibility index (Phi) is 6.02. The number of carbonyl (C=O) groups is 1. The zero-order valence-corrected chi connectivity index (χ0v) is 9.70. The van der Waals surface area contributed by atoms with E-state index in [1.807, 2.05) is 16.8 Å². The third kappa shape index (κ3) is 4.71. The summed E-state index contributed by atoms with van der Waals surface area (Å²) in [6.45, 7) is 0.931. The minimum atomic E-state index is -0.662. The molecule has 1 atom stereocenters. The van der Waals surface area contributed by atoms with Gasteiger partial charge < -0.3 is 20.9 Å². The van der Waals surface area contributed by atoms with Gasteiger partial charge in [0.25, 0.3) is 0 Å². The smallest absolute Gasteiger partial charge is 0.246 e. The molecular weight excluding hydrogens is 228 g/mol. The molecule has 1 amide bonds. The quantitative estimate of drug-likeness (QED) is 0.583. The minimum absolute atomic E-state index is 0.0203. The summed E-state index contributed by atoms with van der Waals surface area (Å²) in [7, 11) is 0. The summed E-state index contributed by atoms with van der Waals surface area (Å²) in [4.78, 5) is 11.2. The Morgan fingerprint density at radius 1 is 1.69 bits per heavy atom. The Hall–Kier alpha value is -0.950. The molecule has 0 fully saturated rings. The minimum Gasteiger partial charge on any atom is -0.387 e. The number of hydrogen-bond acceptors (Lipinski definition) is 5. The van der Waals surface area contributed by atoms with Crippen molar-refractivity contribution >= 4 is 17.2 Å². The summed E-state index contributed by atoms with van der Waals surface area (Å²) in [6, 6.07) is 1.83. The van der Waals surface area contributed by atoms with Crippen molar-refractivity contribution in [1.29, 1.82) is 0 Å². The number of amides is 1. The predicted molar refractivity (Wildman–Crippen MR) is 62.2 cm³/mol. The number of thiophene rings is 1. The van der Waals surface area contributed by atoms with Crippen LogP contribution < -0.4 is 11.1 Å². The molecule has 1 unspecified atom stereocenters. The number of ether oxygens (including phenoxy) is 1. The first kappa shape index (κ1) is 13.1. The third-order valence-corrected chi connectivity index (χ3v) is 2.62. The molecule has 0 aliphatic carbocycles. The van der Waals surface area contributed by atoms with Crippen LogP contribution in [0.4, 0.5) is 0 Å². The molecule has 0 saturated carbocycles. The monoisotopic (exact) mass is 244 g/mol. The molecule has 0 aliphatic heterocycles. The highest BCUT2D eigenvalue weighted by molar-refractivity contribution is 7.07. The SMILES string of the molecule is NCCOCC(=O)NCC(O)c1ccsc1. The summed E-state index contributed by atoms with van der Waals surface area (Å²) in [5, 5.41) is 16.0. The molecule has 1 aromatic rings. The van der Waals surface area contributed by atoms with Gasteiger partial charge in [0.1, 0.15) is 6.61 Å². The van der Waals surface area contributed by atoms with Gasteiger partial charge in [-0.15, -0.1) is 0 Å². The average Bonchev–Trinajstić information content (AvgIpc) is 2.79. The van der Waals surface area contributed by atoms with E-state index in [0.717, 1.165) is 5.56 Å². The Balaban J connectivity index is 2.16. The maximum Gasteiger partial charge on any atom is 0.246 e. The van der Waals surface area contributed by atoms with Crippen LogP contribution in [0.25, 0.3) is 0 Å². The van der Waals surface area contributed by atoms with Crippen LogP contribution in [0.3, 0.4) is 0 Å². The van der Waals surface area contributed by atoms with Crippen molar-refractivity contribution in [1.82, 2.24) is 5.32 Å². The van der Waals surface area contributed by atoms with E-state index in [1.165, 1.54) is 11.3 Å². The molecule has 4 N–H and O–H groups in total. The Labute approximate surface area is 98.2 Å². The number of aliphatic hydroxyl groups is 1. The lowest BCUT2D eigenvalue weighted by Gasteiger charge is -2.10. The summed E-state index contributed by atoms with van der Waals surface area (Å²) >= 11 is 1.51. The number of rotatable bonds is 7. The molecule has 16 heavy (non-hydrogen) atoms. The molecule has 0 saturated heterocycles. The Morgan fingerprint density at radius 3 is 3.12 bits per heavy atom. The molecule has 5 nitrogen and oxygen atoms in total. The van der Waals surface area contributed by atoms with Crippen LogP contribution in [0.5, 0.6) is 0 Å². The van der Waals surface area contributed by atoms with Gasteiger partial charge in [0.15, 0.2) is 0 Å². The van der Waals surface area contributed by atoms with E-state index in [2.05, 4.69) is 5.32 Å². The second-order valence-corrected chi connectivity index (χ2v) is 4.00. The van der Waals surface area contributed by atoms with Crippen molar-refractivity contribution in [3.63, 3.8) is 0 Å². The fourth-order valence-corrected chi connectivity index (χ4v) is 1.80. The zero-order valence-electron chi connectivity index (χ0n) is 8.89. The second-order valence-electron chi connectivity index (χ2n) is 3.22. The highest BCUT2D eigenvalue weighted by atomic mass is 32.1. The lowest BCUT2D eigenvalue weighted by molar-refractivity contribution is -0.126. The molecule has 1 aromatic heterocycles. The molecule has 0 spiro atoms. The van der Waals surface area contributed by atoms with Crippen molar-refractivity contribution in [2.45, 2.75) is 6.10 Å². The average molecular weight is 244 g/mol. The molecule has 1 rings (SSSR count). The number of carbonyl (C=O) groups excluding carboxylic acids is 1. The number of nitrogens with one attached hydrogen (secondary N) is 1. The third-order valence-electron chi connectivity index (χ3n) is 1.92. The van der Waals surface area contributed by atoms with Gasteiger partial charge in [-0.05, 0) is 22.4 Å². The number of aliphatic hydroxyl groups excluding tert-OH is 1. The second kappa shape index (κ2) is 7.34. The van der Waals surface area contributed by atoms with Crippen LogP contribution in [0.2, 0.25) is 0 Å². The topological polar surface area (TPSA) is 84.6 Å². The predicted octanol–water partition coefficient (Wildman–Crippen LogP) is -0.127. The molecule has 0 aliphatic rings. The van der Waals surface area contributed by atoms with Gasteiger partial charge in [0, 0.05) is 13.1 Å². The molecule has 6 heteroatoms. The first-order valence-electron chi connectivity index (χ1n) is 4.98. The first-order valence-corrected chi connectivity index (χ1v) is 5.93. The van der Waals surface area contributed by atoms with Crippen LogP contribution in [-0.2, 0) is 9.53 Å². The van der Waals surface area contributed by atoms with E-state index in [1.54, 1.807) is 0 Å². The van der Waals surface area contributed by atoms with Crippen molar-refractivity contribution in [3.05, 3.63) is 22.4 Å². The van der Waals surface area contributed by atoms with Crippen LogP contribution >= 0.6 is 11.3 Å². The maximum atomic E-state index is 11.2. The lowest BCUT2D eigenvalue weighted by Crippen LogP contribution is -2.32. The maximum absolute atomic E-state index is 11.2. The van der Waals surface area contributed by atoms with Crippen molar-refractivity contribution in [3.8, 4) is 0 Å². The summed E-state index contributed by atoms with van der Waals surface area (Å²) < 4.78 is 4.95. The van der Waals surface area contributed by atoms with E-state index in [4.69, 9.17) is 10.5 Å². The van der Waals surface area contributed by atoms with Crippen LogP contribution in [0.1, 0.15) is 11.7 Å². The molecule has 0 bridgehead atoms. The van der Waals surface area contributed by atoms with Gasteiger partial charge in [-0.1, -0.05) is 0 Å². The van der Waals surface area contributed by atoms with Gasteiger partial charge in [0.2, 0.25) is 5.91 Å². The zero-order chi connectivity index (χ0) is 11.8. The molecular formula is C10H16N2O3S. The van der Waals surface area contributed by atoms with Crippen molar-refractivity contribution in [2.24, 2.45) is 5.73 Å². The highest BCUT2D eigenvalue weighted by Gasteiger charge is 2.09. The van der Waals surface area contributed by atoms with Crippen LogP contribution in [0, 0.1) is 0 Å². The number of nitrogens with two attached hydrogens (primary N) is 1. The van der Waals surface area contributed by atoms with Crippen LogP contribution in [-0.4, -0.2) is 37.3 Å². The van der Waals surface area contributed by atoms with E-state index in [0.29, 0.717) is 13.2 Å². The summed E-state index contributed by atoms with van der Waals surface area (Å²) in [5.74, 6) is -0.247. The van der Waals surface area contributed by atoms with E-state index >= 15 is 0 Å². The Morgan fingerprint density at radius 2 is 2.50 bits per heavy atom. The van der Waals surface area contributed by atoms with Gasteiger partial charge in [0.05, 0.1) is 12.7 Å². The van der Waals surface area contributed by atoms with Gasteiger partial charge in [-0.2, -0.15) is 11.3 Å². The van der Waals surface area contributed by atoms with Crippen LogP contribution in [0.15, 0.2) is 16.8 Å². The first-order chi connectivity index (χ1) is 7.74. The molecule has 0 radical (unpaired) electrons. The lowest BCUT2D eigenvalue weighted by atomic mass is 10.2. The largest absolute Gasteiger partial charge is 0.387 e. The fourth-order valence-electron chi connectivity index (χ4n) is 1.09. The standard InChI is InChI=1S/C10H16N2O3S/c11-2-3-15-6-10(14)12-5-9(13)8-1-4-16-7-8/h1,4,7,9,13H,2-3,5-6,11H2,(H,12,14). The van der Waals surface area contributed by atoms with E-state index in [9.17, 15) is 9.90 Å². The van der Waals surface area contributed by atoms with Crippen molar-refractivity contribution in [2.75, 3.05) is 26.3 Å². The highest BCUT2D eigenvalue weighted by Crippen LogP contribution is 2.14. The van der Waals surface area contributed by atoms with Gasteiger partial charge >= 0.3 is 0 Å². The fraction of sp³-hybridized carbons (Fsp3) is 0.500. The molecule has 0 aromatic carbocycles. The summed E-state index contributed by atoms with van der Waals surface area (Å²) in [6.07, 6.45) is -0.662. The van der Waals surface area contributed by atoms with E-state index < -0.39 is 6.10 Å². The van der Waals surface area contributed by atoms with Crippen molar-refractivity contribution < 1.29 is 14.6 Å². The van der Waals surface area contributed by atoms with Gasteiger partial charge in [-0.3, -0.25) is 4.79 Å².